The van der Waals surface area contributed by atoms with E-state index in [1.54, 1.807) is 0 Å². The van der Waals surface area contributed by atoms with Gasteiger partial charge in [-0.3, -0.25) is 4.79 Å². The van der Waals surface area contributed by atoms with Gasteiger partial charge in [-0.15, -0.1) is 12.3 Å². The van der Waals surface area contributed by atoms with Crippen molar-refractivity contribution in [2.24, 2.45) is 5.92 Å². The van der Waals surface area contributed by atoms with Crippen molar-refractivity contribution in [3.8, 4) is 12.3 Å². The normalized spacial score (nSPS) is 12.5. The van der Waals surface area contributed by atoms with Gasteiger partial charge in [0.15, 0.2) is 0 Å². The van der Waals surface area contributed by atoms with E-state index in [2.05, 4.69) is 18.1 Å². The van der Waals surface area contributed by atoms with Crippen LogP contribution in [0.5, 0.6) is 0 Å². The molecule has 0 aromatic heterocycles. The second-order valence-corrected chi connectivity index (χ2v) is 6.01. The summed E-state index contributed by atoms with van der Waals surface area (Å²) in [6.07, 6.45) is 8.49. The molecule has 0 spiro atoms. The molecule has 2 nitrogen and oxygen atoms in total. The molecule has 0 fully saturated rings. The van der Waals surface area contributed by atoms with Crippen molar-refractivity contribution in [3.63, 3.8) is 0 Å². The van der Waals surface area contributed by atoms with E-state index in [-0.39, 0.29) is 11.9 Å². The summed E-state index contributed by atoms with van der Waals surface area (Å²) in [5.41, 5.74) is 0.859. The Morgan fingerprint density at radius 1 is 1.25 bits per heavy atom. The molecule has 0 aliphatic heterocycles. The van der Waals surface area contributed by atoms with Gasteiger partial charge in [0.1, 0.15) is 5.60 Å². The molecular formula is C18H24O2. The summed E-state index contributed by atoms with van der Waals surface area (Å²) < 4.78 is 5.29. The van der Waals surface area contributed by atoms with E-state index in [1.807, 2.05) is 39.0 Å². The lowest BCUT2D eigenvalue weighted by Crippen LogP contribution is -2.24. The van der Waals surface area contributed by atoms with Crippen molar-refractivity contribution in [1.82, 2.24) is 0 Å². The number of rotatable bonds is 6. The van der Waals surface area contributed by atoms with Gasteiger partial charge < -0.3 is 4.74 Å². The SMILES string of the molecule is C#CC(CCC(=O)OC(C)(C)C)CCc1ccccc1. The number of carbonyl (C=O) groups is 1. The Balaban J connectivity index is 2.33. The first-order valence-corrected chi connectivity index (χ1v) is 7.12. The number of hydrogen-bond donors (Lipinski definition) is 0. The van der Waals surface area contributed by atoms with Crippen LogP contribution in [0.4, 0.5) is 0 Å². The van der Waals surface area contributed by atoms with Crippen molar-refractivity contribution in [2.75, 3.05) is 0 Å². The molecule has 1 unspecified atom stereocenters. The van der Waals surface area contributed by atoms with Crippen LogP contribution in [0.25, 0.3) is 0 Å². The summed E-state index contributed by atoms with van der Waals surface area (Å²) in [5, 5.41) is 0. The molecule has 20 heavy (non-hydrogen) atoms. The highest BCUT2D eigenvalue weighted by atomic mass is 16.6. The van der Waals surface area contributed by atoms with Gasteiger partial charge in [0.05, 0.1) is 0 Å². The summed E-state index contributed by atoms with van der Waals surface area (Å²) in [6, 6.07) is 10.3. The minimum Gasteiger partial charge on any atom is -0.460 e. The second kappa shape index (κ2) is 7.75. The lowest BCUT2D eigenvalue weighted by atomic mass is 9.96. The molecule has 108 valence electrons. The zero-order chi connectivity index (χ0) is 15.0. The largest absolute Gasteiger partial charge is 0.460 e. The van der Waals surface area contributed by atoms with Crippen LogP contribution in [0.2, 0.25) is 0 Å². The number of carbonyl (C=O) groups excluding carboxylic acids is 1. The fourth-order valence-corrected chi connectivity index (χ4v) is 1.98. The molecule has 0 amide bonds. The first-order valence-electron chi connectivity index (χ1n) is 7.12. The van der Waals surface area contributed by atoms with Crippen LogP contribution in [-0.2, 0) is 16.0 Å². The van der Waals surface area contributed by atoms with Gasteiger partial charge in [0, 0.05) is 12.3 Å². The summed E-state index contributed by atoms with van der Waals surface area (Å²) in [5.74, 6) is 2.74. The Morgan fingerprint density at radius 2 is 1.90 bits per heavy atom. The van der Waals surface area contributed by atoms with E-state index in [4.69, 9.17) is 11.2 Å². The maximum Gasteiger partial charge on any atom is 0.306 e. The van der Waals surface area contributed by atoms with E-state index >= 15 is 0 Å². The highest BCUT2D eigenvalue weighted by Gasteiger charge is 2.17. The summed E-state index contributed by atoms with van der Waals surface area (Å²) in [7, 11) is 0. The van der Waals surface area contributed by atoms with E-state index in [1.165, 1.54) is 5.56 Å². The molecule has 0 heterocycles. The van der Waals surface area contributed by atoms with Gasteiger partial charge >= 0.3 is 5.97 Å². The van der Waals surface area contributed by atoms with Gasteiger partial charge in [-0.25, -0.2) is 0 Å². The number of benzene rings is 1. The smallest absolute Gasteiger partial charge is 0.306 e. The van der Waals surface area contributed by atoms with Crippen LogP contribution in [0.3, 0.4) is 0 Å². The summed E-state index contributed by atoms with van der Waals surface area (Å²) in [4.78, 5) is 11.7. The number of terminal acetylenes is 1. The molecule has 1 aromatic rings. The van der Waals surface area contributed by atoms with Crippen molar-refractivity contribution in [3.05, 3.63) is 35.9 Å². The molecule has 0 radical (unpaired) electrons. The maximum absolute atomic E-state index is 11.7. The highest BCUT2D eigenvalue weighted by molar-refractivity contribution is 5.69. The molecular weight excluding hydrogens is 248 g/mol. The third kappa shape index (κ3) is 6.99. The molecule has 0 saturated heterocycles. The van der Waals surface area contributed by atoms with Crippen molar-refractivity contribution >= 4 is 5.97 Å². The average molecular weight is 272 g/mol. The lowest BCUT2D eigenvalue weighted by Gasteiger charge is -2.20. The quantitative estimate of drug-likeness (QED) is 0.578. The molecule has 0 aliphatic rings. The van der Waals surface area contributed by atoms with Gasteiger partial charge in [0.2, 0.25) is 0 Å². The molecule has 1 aromatic carbocycles. The second-order valence-electron chi connectivity index (χ2n) is 6.01. The van der Waals surface area contributed by atoms with E-state index in [9.17, 15) is 4.79 Å². The van der Waals surface area contributed by atoms with Crippen LogP contribution < -0.4 is 0 Å². The predicted octanol–water partition coefficient (Wildman–Crippen LogP) is 3.99. The first kappa shape index (κ1) is 16.3. The number of aryl methyl sites for hydroxylation is 1. The van der Waals surface area contributed by atoms with E-state index in [0.717, 1.165) is 12.8 Å². The molecule has 0 aliphatic carbocycles. The van der Waals surface area contributed by atoms with Crippen LogP contribution >= 0.6 is 0 Å². The van der Waals surface area contributed by atoms with Gasteiger partial charge in [-0.2, -0.15) is 0 Å². The minimum absolute atomic E-state index is 0.128. The Hall–Kier alpha value is -1.75. The predicted molar refractivity (Wildman–Crippen MR) is 82.2 cm³/mol. The Bertz CT molecular complexity index is 449. The molecule has 0 N–H and O–H groups in total. The fourth-order valence-electron chi connectivity index (χ4n) is 1.98. The van der Waals surface area contributed by atoms with Gasteiger partial charge in [-0.1, -0.05) is 30.3 Å². The number of ether oxygens (including phenoxy) is 1. The van der Waals surface area contributed by atoms with Gasteiger partial charge in [0.25, 0.3) is 0 Å². The van der Waals surface area contributed by atoms with Crippen LogP contribution in [0, 0.1) is 18.3 Å². The zero-order valence-electron chi connectivity index (χ0n) is 12.7. The maximum atomic E-state index is 11.7. The third-order valence-corrected chi connectivity index (χ3v) is 2.98. The molecule has 1 rings (SSSR count). The molecule has 1 atom stereocenters. The zero-order valence-corrected chi connectivity index (χ0v) is 12.7. The molecule has 2 heteroatoms. The van der Waals surface area contributed by atoms with E-state index < -0.39 is 5.60 Å². The van der Waals surface area contributed by atoms with Crippen LogP contribution in [-0.4, -0.2) is 11.6 Å². The average Bonchev–Trinajstić information content (AvgIpc) is 2.38. The lowest BCUT2D eigenvalue weighted by molar-refractivity contribution is -0.155. The Morgan fingerprint density at radius 3 is 2.45 bits per heavy atom. The molecule has 0 bridgehead atoms. The first-order chi connectivity index (χ1) is 9.40. The topological polar surface area (TPSA) is 26.3 Å². The standard InChI is InChI=1S/C18H24O2/c1-5-15(11-12-16-9-7-6-8-10-16)13-14-17(19)20-18(2,3)4/h1,6-10,15H,11-14H2,2-4H3. The van der Waals surface area contributed by atoms with Crippen molar-refractivity contribution < 1.29 is 9.53 Å². The van der Waals surface area contributed by atoms with Crippen molar-refractivity contribution in [2.45, 2.75) is 52.1 Å². The van der Waals surface area contributed by atoms with Crippen LogP contribution in [0.15, 0.2) is 30.3 Å². The number of hydrogen-bond acceptors (Lipinski definition) is 2. The minimum atomic E-state index is -0.424. The van der Waals surface area contributed by atoms with E-state index in [0.29, 0.717) is 12.8 Å². The molecule has 0 saturated carbocycles. The summed E-state index contributed by atoms with van der Waals surface area (Å²) >= 11 is 0. The highest BCUT2D eigenvalue weighted by Crippen LogP contribution is 2.16. The number of esters is 1. The van der Waals surface area contributed by atoms with Gasteiger partial charge in [-0.05, 0) is 45.6 Å². The monoisotopic (exact) mass is 272 g/mol. The summed E-state index contributed by atoms with van der Waals surface area (Å²) in [6.45, 7) is 5.62. The van der Waals surface area contributed by atoms with Crippen molar-refractivity contribution in [1.29, 1.82) is 0 Å². The third-order valence-electron chi connectivity index (χ3n) is 2.98. The Labute approximate surface area is 122 Å². The fraction of sp³-hybridized carbons (Fsp3) is 0.500. The van der Waals surface area contributed by atoms with Crippen LogP contribution in [0.1, 0.15) is 45.6 Å². The Kier molecular flexibility index (Phi) is 6.31.